The standard InChI is InChI=1S/C29H32N4O3/c1-19(2)20-3-5-21(6-4-20)22-8-10-27(35)24(17-22)28-30-25-9-7-23(18-26(25)31-28)29(36)33-13-11-32(12-14-33)15-16-34/h3-10,17-19,34-35H,11-16H2,1-2H3,(H,30,31). The number of nitrogens with one attached hydrogen (secondary N) is 1. The molecule has 7 heteroatoms. The SMILES string of the molecule is CC(C)c1ccc(-c2ccc(O)c(-c3nc4ccc(C(=O)N5CCN(CCO)CC5)cc4[nH]3)c2)cc1. The number of nitrogens with zero attached hydrogens (tertiary/aromatic N) is 3. The number of aromatic nitrogens is 2. The van der Waals surface area contributed by atoms with Crippen LogP contribution in [-0.4, -0.2) is 75.2 Å². The first-order valence-electron chi connectivity index (χ1n) is 12.5. The van der Waals surface area contributed by atoms with Gasteiger partial charge >= 0.3 is 0 Å². The molecule has 0 radical (unpaired) electrons. The zero-order valence-electron chi connectivity index (χ0n) is 20.7. The number of rotatable bonds is 6. The van der Waals surface area contributed by atoms with Crippen molar-refractivity contribution in [2.75, 3.05) is 39.3 Å². The third-order valence-electron chi connectivity index (χ3n) is 6.97. The van der Waals surface area contributed by atoms with Crippen LogP contribution in [-0.2, 0) is 0 Å². The predicted octanol–water partition coefficient (Wildman–Crippen LogP) is 4.48. The fraction of sp³-hybridized carbons (Fsp3) is 0.310. The summed E-state index contributed by atoms with van der Waals surface area (Å²) < 4.78 is 0. The summed E-state index contributed by atoms with van der Waals surface area (Å²) in [4.78, 5) is 25.1. The van der Waals surface area contributed by atoms with Crippen LogP contribution in [0.4, 0.5) is 0 Å². The highest BCUT2D eigenvalue weighted by Crippen LogP contribution is 2.34. The third-order valence-corrected chi connectivity index (χ3v) is 6.97. The van der Waals surface area contributed by atoms with Gasteiger partial charge in [0.25, 0.3) is 5.91 Å². The summed E-state index contributed by atoms with van der Waals surface area (Å²) in [7, 11) is 0. The number of aromatic hydroxyl groups is 1. The normalized spacial score (nSPS) is 14.6. The number of benzene rings is 3. The maximum absolute atomic E-state index is 13.1. The molecule has 3 N–H and O–H groups in total. The van der Waals surface area contributed by atoms with Gasteiger partial charge in [-0.15, -0.1) is 0 Å². The van der Waals surface area contributed by atoms with Crippen LogP contribution in [0.5, 0.6) is 5.75 Å². The number of fused-ring (bicyclic) bond motifs is 1. The smallest absolute Gasteiger partial charge is 0.254 e. The summed E-state index contributed by atoms with van der Waals surface area (Å²) in [6.45, 7) is 7.93. The second-order valence-electron chi connectivity index (χ2n) is 9.68. The molecule has 0 atom stereocenters. The minimum atomic E-state index is -0.00797. The number of aliphatic hydroxyl groups excluding tert-OH is 1. The highest BCUT2D eigenvalue weighted by atomic mass is 16.3. The highest BCUT2D eigenvalue weighted by molar-refractivity contribution is 5.98. The van der Waals surface area contributed by atoms with E-state index >= 15 is 0 Å². The van der Waals surface area contributed by atoms with Crippen LogP contribution in [0.25, 0.3) is 33.5 Å². The summed E-state index contributed by atoms with van der Waals surface area (Å²) in [6, 6.07) is 19.5. The molecule has 1 saturated heterocycles. The Hall–Kier alpha value is -3.68. The Morgan fingerprint density at radius 3 is 2.39 bits per heavy atom. The van der Waals surface area contributed by atoms with Crippen LogP contribution in [0, 0.1) is 0 Å². The van der Waals surface area contributed by atoms with E-state index in [2.05, 4.69) is 53.0 Å². The van der Waals surface area contributed by atoms with Crippen molar-refractivity contribution in [2.24, 2.45) is 0 Å². The molecule has 4 aromatic rings. The summed E-state index contributed by atoms with van der Waals surface area (Å²) in [6.07, 6.45) is 0. The Kier molecular flexibility index (Phi) is 6.76. The number of imidazole rings is 1. The van der Waals surface area contributed by atoms with E-state index in [4.69, 9.17) is 5.11 Å². The number of phenols is 1. The monoisotopic (exact) mass is 484 g/mol. The Labute approximate surface area is 211 Å². The van der Waals surface area contributed by atoms with Crippen molar-refractivity contribution < 1.29 is 15.0 Å². The molecule has 0 aliphatic carbocycles. The second kappa shape index (κ2) is 10.1. The number of carbonyl (C=O) groups is 1. The Morgan fingerprint density at radius 1 is 0.972 bits per heavy atom. The van der Waals surface area contributed by atoms with Gasteiger partial charge in [0.2, 0.25) is 0 Å². The molecule has 2 heterocycles. The molecule has 1 aromatic heterocycles. The predicted molar refractivity (Wildman–Crippen MR) is 142 cm³/mol. The first-order valence-corrected chi connectivity index (χ1v) is 12.5. The first kappa shape index (κ1) is 24.0. The van der Waals surface area contributed by atoms with E-state index in [-0.39, 0.29) is 18.3 Å². The van der Waals surface area contributed by atoms with Crippen molar-refractivity contribution in [3.05, 3.63) is 71.8 Å². The number of hydrogen-bond donors (Lipinski definition) is 3. The van der Waals surface area contributed by atoms with Crippen LogP contribution in [0.15, 0.2) is 60.7 Å². The average molecular weight is 485 g/mol. The van der Waals surface area contributed by atoms with Gasteiger partial charge in [-0.1, -0.05) is 44.2 Å². The zero-order chi connectivity index (χ0) is 25.2. The number of H-pyrrole nitrogens is 1. The zero-order valence-corrected chi connectivity index (χ0v) is 20.7. The average Bonchev–Trinajstić information content (AvgIpc) is 3.32. The van der Waals surface area contributed by atoms with Gasteiger partial charge in [0.1, 0.15) is 11.6 Å². The lowest BCUT2D eigenvalue weighted by atomic mass is 9.97. The van der Waals surface area contributed by atoms with E-state index in [0.717, 1.165) is 35.2 Å². The Bertz CT molecular complexity index is 1370. The highest BCUT2D eigenvalue weighted by Gasteiger charge is 2.22. The van der Waals surface area contributed by atoms with Crippen LogP contribution < -0.4 is 0 Å². The number of hydrogen-bond acceptors (Lipinski definition) is 5. The molecule has 36 heavy (non-hydrogen) atoms. The molecule has 186 valence electrons. The van der Waals surface area contributed by atoms with Gasteiger partial charge in [-0.25, -0.2) is 4.98 Å². The van der Waals surface area contributed by atoms with Crippen molar-refractivity contribution in [1.29, 1.82) is 0 Å². The van der Waals surface area contributed by atoms with Crippen molar-refractivity contribution in [3.63, 3.8) is 0 Å². The van der Waals surface area contributed by atoms with E-state index in [1.54, 1.807) is 6.07 Å². The number of β-amino-alcohol motifs (C(OH)–C–C–N with tert-alkyl or cyclic N) is 1. The molecule has 7 nitrogen and oxygen atoms in total. The number of carbonyl (C=O) groups excluding carboxylic acids is 1. The molecule has 3 aromatic carbocycles. The number of aliphatic hydroxyl groups is 1. The third kappa shape index (κ3) is 4.85. The van der Waals surface area contributed by atoms with Crippen LogP contribution >= 0.6 is 0 Å². The van der Waals surface area contributed by atoms with Gasteiger partial charge in [-0.2, -0.15) is 0 Å². The number of aromatic amines is 1. The summed E-state index contributed by atoms with van der Waals surface area (Å²) >= 11 is 0. The Balaban J connectivity index is 1.39. The van der Waals surface area contributed by atoms with Gasteiger partial charge < -0.3 is 20.1 Å². The van der Waals surface area contributed by atoms with Gasteiger partial charge in [-0.3, -0.25) is 9.69 Å². The van der Waals surface area contributed by atoms with Crippen molar-refractivity contribution in [3.8, 4) is 28.3 Å². The lowest BCUT2D eigenvalue weighted by molar-refractivity contribution is 0.0615. The van der Waals surface area contributed by atoms with E-state index in [0.29, 0.717) is 42.5 Å². The fourth-order valence-electron chi connectivity index (χ4n) is 4.73. The van der Waals surface area contributed by atoms with Gasteiger partial charge in [0.15, 0.2) is 0 Å². The number of phenolic OH excluding ortho intramolecular Hbond substituents is 1. The molecule has 1 fully saturated rings. The van der Waals surface area contributed by atoms with Gasteiger partial charge in [0, 0.05) is 38.3 Å². The van der Waals surface area contributed by atoms with E-state index in [9.17, 15) is 9.90 Å². The van der Waals surface area contributed by atoms with E-state index in [1.165, 1.54) is 5.56 Å². The van der Waals surface area contributed by atoms with E-state index in [1.807, 2.05) is 35.2 Å². The van der Waals surface area contributed by atoms with Crippen molar-refractivity contribution in [1.82, 2.24) is 19.8 Å². The van der Waals surface area contributed by atoms with Gasteiger partial charge in [-0.05, 0) is 52.9 Å². The van der Waals surface area contributed by atoms with Crippen molar-refractivity contribution >= 4 is 16.9 Å². The van der Waals surface area contributed by atoms with Crippen molar-refractivity contribution in [2.45, 2.75) is 19.8 Å². The lowest BCUT2D eigenvalue weighted by Gasteiger charge is -2.34. The maximum atomic E-state index is 13.1. The van der Waals surface area contributed by atoms with E-state index < -0.39 is 0 Å². The molecular formula is C29H32N4O3. The molecule has 0 saturated carbocycles. The summed E-state index contributed by atoms with van der Waals surface area (Å²) in [5, 5.41) is 19.7. The molecule has 0 unspecified atom stereocenters. The quantitative estimate of drug-likeness (QED) is 0.375. The Morgan fingerprint density at radius 2 is 1.69 bits per heavy atom. The van der Waals surface area contributed by atoms with Crippen LogP contribution in [0.2, 0.25) is 0 Å². The minimum absolute atomic E-state index is 0.00797. The maximum Gasteiger partial charge on any atom is 0.254 e. The molecule has 1 amide bonds. The molecular weight excluding hydrogens is 452 g/mol. The number of piperazine rings is 1. The number of amides is 1. The minimum Gasteiger partial charge on any atom is -0.507 e. The molecule has 0 spiro atoms. The fourth-order valence-corrected chi connectivity index (χ4v) is 4.73. The van der Waals surface area contributed by atoms with Crippen LogP contribution in [0.3, 0.4) is 0 Å². The molecule has 5 rings (SSSR count). The summed E-state index contributed by atoms with van der Waals surface area (Å²) in [5.41, 5.74) is 6.06. The second-order valence-corrected chi connectivity index (χ2v) is 9.68. The lowest BCUT2D eigenvalue weighted by Crippen LogP contribution is -2.49. The first-order chi connectivity index (χ1) is 17.4. The topological polar surface area (TPSA) is 92.7 Å². The summed E-state index contributed by atoms with van der Waals surface area (Å²) in [5.74, 6) is 1.17. The van der Waals surface area contributed by atoms with Crippen LogP contribution in [0.1, 0.15) is 35.7 Å². The molecule has 0 bridgehead atoms. The largest absolute Gasteiger partial charge is 0.507 e. The molecule has 1 aliphatic rings. The molecule has 1 aliphatic heterocycles. The van der Waals surface area contributed by atoms with Gasteiger partial charge in [0.05, 0.1) is 23.2 Å².